The molecule has 2 heterocycles. The summed E-state index contributed by atoms with van der Waals surface area (Å²) in [5.74, 6) is -14.2. The number of benzene rings is 3. The SMILES string of the molecule is CC(C)C[C@H](NC(=O)[C@H](CC(=O)O)NC(=O)[C@H](Cc1ccccc1)NC(=O)[C@H](Cc1ccc(O)cc1)NC(=O)[C@H](Cc1c[nH]c2ccccc12)NC(=O)[C@H](Cc1cnc[nH]1)NC(=O)[C@H](CO)NC(=O)[C@H](CO)NC(=O)[C@H](CC(N)=O)NC(=O)[C@H](C)N)C(=O)O. The number of amides is 10. The molecule has 0 spiro atoms. The van der Waals surface area contributed by atoms with Crippen LogP contribution >= 0.6 is 0 Å². The van der Waals surface area contributed by atoms with Gasteiger partial charge in [-0.25, -0.2) is 9.78 Å². The van der Waals surface area contributed by atoms with Crippen molar-refractivity contribution in [2.24, 2.45) is 17.4 Å². The van der Waals surface area contributed by atoms with Crippen LogP contribution in [0, 0.1) is 5.92 Å². The van der Waals surface area contributed by atoms with Crippen LogP contribution in [0.25, 0.3) is 10.9 Å². The third kappa shape index (κ3) is 21.9. The van der Waals surface area contributed by atoms with E-state index in [9.17, 15) is 78.3 Å². The van der Waals surface area contributed by atoms with Crippen LogP contribution in [-0.4, -0.2) is 185 Å². The van der Waals surface area contributed by atoms with Crippen LogP contribution in [0.3, 0.4) is 0 Å². The fraction of sp³-hybridized carbons (Fsp3) is 0.397. The molecule has 0 unspecified atom stereocenters. The Morgan fingerprint density at radius 2 is 0.921 bits per heavy atom. The monoisotopic (exact) mass is 1240 g/mol. The Labute approximate surface area is 508 Å². The van der Waals surface area contributed by atoms with Crippen molar-refractivity contribution >= 4 is 81.9 Å². The van der Waals surface area contributed by atoms with E-state index in [0.717, 1.165) is 0 Å². The van der Waals surface area contributed by atoms with Crippen LogP contribution in [0.15, 0.2) is 97.6 Å². The fourth-order valence-corrected chi connectivity index (χ4v) is 9.05. The number of carboxylic acids is 2. The maximum atomic E-state index is 15.1. The molecule has 10 amide bonds. The first-order chi connectivity index (χ1) is 42.2. The number of hydrogen-bond acceptors (Lipinski definition) is 17. The van der Waals surface area contributed by atoms with Gasteiger partial charge in [-0.15, -0.1) is 0 Å². The maximum absolute atomic E-state index is 15.1. The summed E-state index contributed by atoms with van der Waals surface area (Å²) in [5.41, 5.74) is 13.0. The quantitative estimate of drug-likeness (QED) is 0.0184. The second-order valence-corrected chi connectivity index (χ2v) is 21.3. The summed E-state index contributed by atoms with van der Waals surface area (Å²) in [7, 11) is 0. The van der Waals surface area contributed by atoms with Gasteiger partial charge in [-0.1, -0.05) is 74.5 Å². The molecule has 0 saturated heterocycles. The van der Waals surface area contributed by atoms with Crippen LogP contribution in [-0.2, 0) is 83.2 Å². The zero-order valence-electron chi connectivity index (χ0n) is 48.7. The van der Waals surface area contributed by atoms with E-state index in [1.165, 1.54) is 43.7 Å². The van der Waals surface area contributed by atoms with E-state index in [1.54, 1.807) is 74.6 Å². The number of para-hydroxylation sites is 1. The Hall–Kier alpha value is -10.3. The second-order valence-electron chi connectivity index (χ2n) is 21.3. The van der Waals surface area contributed by atoms with E-state index in [1.807, 2.05) is 0 Å². The van der Waals surface area contributed by atoms with Crippen molar-refractivity contribution in [3.63, 3.8) is 0 Å². The molecule has 0 aliphatic carbocycles. The second kappa shape index (κ2) is 33.6. The molecule has 5 rings (SSSR count). The van der Waals surface area contributed by atoms with Crippen LogP contribution in [0.1, 0.15) is 62.4 Å². The van der Waals surface area contributed by atoms with E-state index in [2.05, 4.69) is 62.8 Å². The number of primary amides is 1. The number of phenolic OH excluding ortho intramolecular Hbond substituents is 1. The van der Waals surface area contributed by atoms with Crippen LogP contribution < -0.4 is 59.3 Å². The molecular formula is C58H74N14O17. The van der Waals surface area contributed by atoms with Crippen LogP contribution in [0.5, 0.6) is 5.75 Å². The molecule has 31 nitrogen and oxygen atoms in total. The summed E-state index contributed by atoms with van der Waals surface area (Å²) in [6.07, 6.45) is 1.07. The lowest BCUT2D eigenvalue weighted by Gasteiger charge is -2.28. The third-order valence-electron chi connectivity index (χ3n) is 13.7. The number of phenols is 1. The molecule has 31 heteroatoms. The Balaban J connectivity index is 1.47. The number of aromatic nitrogens is 3. The number of aliphatic hydroxyl groups is 2. The molecular weight excluding hydrogens is 1160 g/mol. The van der Waals surface area contributed by atoms with Gasteiger partial charge >= 0.3 is 11.9 Å². The van der Waals surface area contributed by atoms with E-state index in [4.69, 9.17) is 11.5 Å². The highest BCUT2D eigenvalue weighted by molar-refractivity contribution is 6.00. The molecule has 0 bridgehead atoms. The number of rotatable bonds is 35. The Bertz CT molecular complexity index is 3290. The first-order valence-corrected chi connectivity index (χ1v) is 28.0. The van der Waals surface area contributed by atoms with E-state index in [0.29, 0.717) is 27.6 Å². The number of aromatic amines is 2. The Kier molecular flexibility index (Phi) is 26.2. The molecule has 10 atom stereocenters. The van der Waals surface area contributed by atoms with Gasteiger partial charge in [-0.3, -0.25) is 52.7 Å². The number of aliphatic hydroxyl groups excluding tert-OH is 2. The number of nitrogens with two attached hydrogens (primary N) is 2. The van der Waals surface area contributed by atoms with Crippen molar-refractivity contribution in [3.05, 3.63) is 120 Å². The molecule has 89 heavy (non-hydrogen) atoms. The first kappa shape index (κ1) is 69.5. The number of carbonyl (C=O) groups excluding carboxylic acids is 10. The Morgan fingerprint density at radius 3 is 1.39 bits per heavy atom. The molecule has 0 aliphatic rings. The van der Waals surface area contributed by atoms with Gasteiger partial charge in [0.2, 0.25) is 59.1 Å². The average molecular weight is 1240 g/mol. The predicted molar refractivity (Wildman–Crippen MR) is 315 cm³/mol. The number of carboxylic acid groups (broad SMARTS) is 2. The summed E-state index contributed by atoms with van der Waals surface area (Å²) < 4.78 is 0. The number of carbonyl (C=O) groups is 12. The number of H-pyrrole nitrogens is 2. The number of aliphatic carboxylic acids is 2. The maximum Gasteiger partial charge on any atom is 0.326 e. The number of nitrogens with one attached hydrogen (secondary N) is 11. The lowest BCUT2D eigenvalue weighted by molar-refractivity contribution is -0.144. The van der Waals surface area contributed by atoms with Crippen molar-refractivity contribution in [3.8, 4) is 5.75 Å². The molecule has 0 fully saturated rings. The minimum Gasteiger partial charge on any atom is -0.508 e. The van der Waals surface area contributed by atoms with E-state index < -0.39 is 157 Å². The van der Waals surface area contributed by atoms with Gasteiger partial charge in [0.15, 0.2) is 0 Å². The normalized spacial score (nSPS) is 14.5. The lowest BCUT2D eigenvalue weighted by atomic mass is 10.00. The molecule has 478 valence electrons. The highest BCUT2D eigenvalue weighted by atomic mass is 16.4. The van der Waals surface area contributed by atoms with Gasteiger partial charge in [-0.05, 0) is 54.2 Å². The standard InChI is InChI=1S/C58H74N14O17/c1-29(2)17-44(58(88)89)70-55(85)43(23-48(77)78)69-51(81)38(18-31-9-5-4-6-10-31)65-50(80)39(19-32-13-15-35(75)16-14-32)66-52(82)40(20-33-24-62-37-12-8-7-11-36(33)37)67-53(83)41(21-34-25-61-28-63-34)68-56(86)45(26-73)72-57(87)46(27-74)71-54(84)42(22-47(60)76)64-49(79)30(3)59/h4-16,24-25,28-30,38-46,62,73-75H,17-23,26-27,59H2,1-3H3,(H2,60,76)(H,61,63)(H,64,79)(H,65,80)(H,66,82)(H,67,83)(H,68,86)(H,69,81)(H,70,85)(H,71,84)(H,72,87)(H,77,78)(H,88,89)/t30-,38-,39-,40-,41-,42-,43-,44-,45-,46-/m0/s1. The summed E-state index contributed by atoms with van der Waals surface area (Å²) in [6, 6.07) is 4.19. The molecule has 0 saturated carbocycles. The molecule has 0 radical (unpaired) electrons. The topological polar surface area (TPSA) is 511 Å². The molecule has 5 aromatic rings. The van der Waals surface area contributed by atoms with Gasteiger partial charge in [-0.2, -0.15) is 0 Å². The zero-order chi connectivity index (χ0) is 65.5. The number of hydrogen-bond donors (Lipinski definition) is 18. The van der Waals surface area contributed by atoms with E-state index >= 15 is 4.79 Å². The number of imidazole rings is 1. The molecule has 0 aliphatic heterocycles. The van der Waals surface area contributed by atoms with Gasteiger partial charge in [0.25, 0.3) is 0 Å². The smallest absolute Gasteiger partial charge is 0.326 e. The molecule has 20 N–H and O–H groups in total. The van der Waals surface area contributed by atoms with Crippen molar-refractivity contribution < 1.29 is 83.1 Å². The molecule has 2 aromatic heterocycles. The van der Waals surface area contributed by atoms with Crippen molar-refractivity contribution in [1.29, 1.82) is 0 Å². The van der Waals surface area contributed by atoms with Gasteiger partial charge in [0, 0.05) is 54.7 Å². The van der Waals surface area contributed by atoms with Gasteiger partial charge < -0.3 is 94.8 Å². The average Bonchev–Trinajstić information content (AvgIpc) is 3.66. The van der Waals surface area contributed by atoms with Crippen LogP contribution in [0.4, 0.5) is 0 Å². The molecule has 3 aromatic carbocycles. The fourth-order valence-electron chi connectivity index (χ4n) is 9.05. The number of nitrogens with zero attached hydrogens (tertiary/aromatic N) is 1. The minimum atomic E-state index is -1.90. The zero-order valence-corrected chi connectivity index (χ0v) is 48.7. The van der Waals surface area contributed by atoms with Crippen molar-refractivity contribution in [2.75, 3.05) is 13.2 Å². The van der Waals surface area contributed by atoms with Gasteiger partial charge in [0.05, 0.1) is 38.4 Å². The van der Waals surface area contributed by atoms with Crippen LogP contribution in [0.2, 0.25) is 0 Å². The highest BCUT2D eigenvalue weighted by Gasteiger charge is 2.37. The lowest BCUT2D eigenvalue weighted by Crippen LogP contribution is -2.62. The van der Waals surface area contributed by atoms with E-state index in [-0.39, 0.29) is 49.5 Å². The summed E-state index contributed by atoms with van der Waals surface area (Å²) in [4.78, 5) is 171. The third-order valence-corrected chi connectivity index (χ3v) is 13.7. The van der Waals surface area contributed by atoms with Crippen molar-refractivity contribution in [1.82, 2.24) is 62.8 Å². The van der Waals surface area contributed by atoms with Crippen molar-refractivity contribution in [2.45, 2.75) is 126 Å². The number of aromatic hydroxyl groups is 1. The summed E-state index contributed by atoms with van der Waals surface area (Å²) in [6.45, 7) is 2.44. The van der Waals surface area contributed by atoms with Gasteiger partial charge in [0.1, 0.15) is 60.1 Å². The highest BCUT2D eigenvalue weighted by Crippen LogP contribution is 2.20. The summed E-state index contributed by atoms with van der Waals surface area (Å²) in [5, 5.41) is 72.4. The predicted octanol–water partition coefficient (Wildman–Crippen LogP) is -3.96. The minimum absolute atomic E-state index is 0.0415. The Morgan fingerprint density at radius 1 is 0.494 bits per heavy atom. The summed E-state index contributed by atoms with van der Waals surface area (Å²) >= 11 is 0. The largest absolute Gasteiger partial charge is 0.508 e. The first-order valence-electron chi connectivity index (χ1n) is 28.0. The number of fused-ring (bicyclic) bond motifs is 1.